The van der Waals surface area contributed by atoms with Crippen molar-refractivity contribution in [2.75, 3.05) is 0 Å². The second-order valence-electron chi connectivity index (χ2n) is 16.4. The average molecular weight is 709 g/mol. The summed E-state index contributed by atoms with van der Waals surface area (Å²) >= 11 is 0. The van der Waals surface area contributed by atoms with Crippen molar-refractivity contribution < 1.29 is 14.7 Å². The molecule has 3 nitrogen and oxygen atoms in total. The number of hydrogen-bond donors (Lipinski definition) is 3. The van der Waals surface area contributed by atoms with Gasteiger partial charge in [0.05, 0.1) is 0 Å². The predicted octanol–water partition coefficient (Wildman–Crippen LogP) is 10.2. The van der Waals surface area contributed by atoms with E-state index in [0.717, 1.165) is 33.4 Å². The Hall–Kier alpha value is -4.37. The minimum absolute atomic E-state index is 0.146. The normalized spacial score (nSPS) is 13.7. The molecule has 0 aliphatic carbocycles. The van der Waals surface area contributed by atoms with Gasteiger partial charge in [0.2, 0.25) is 0 Å². The van der Waals surface area contributed by atoms with E-state index >= 15 is 0 Å². The fraction of sp³-hybridized carbons (Fsp3) is 0.250. The van der Waals surface area contributed by atoms with Gasteiger partial charge in [-0.2, -0.15) is 0 Å². The maximum absolute atomic E-state index is 13.0. The molecule has 0 spiro atoms. The van der Waals surface area contributed by atoms with E-state index in [4.69, 9.17) is 0 Å². The first-order valence-electron chi connectivity index (χ1n) is 18.2. The van der Waals surface area contributed by atoms with Crippen LogP contribution in [0, 0.1) is 0 Å². The first-order valence-corrected chi connectivity index (χ1v) is 20.3. The first kappa shape index (κ1) is 37.4. The van der Waals surface area contributed by atoms with Gasteiger partial charge in [0.15, 0.2) is 0 Å². The van der Waals surface area contributed by atoms with Gasteiger partial charge < -0.3 is 0 Å². The van der Waals surface area contributed by atoms with Crippen LogP contribution in [-0.4, -0.2) is 14.7 Å². The van der Waals surface area contributed by atoms with Gasteiger partial charge in [-0.3, -0.25) is 0 Å². The van der Waals surface area contributed by atoms with Crippen molar-refractivity contribution >= 4 is 17.9 Å². The summed E-state index contributed by atoms with van der Waals surface area (Å²) in [6.45, 7) is 17.1. The molecular weight excluding hydrogens is 655 g/mol. The van der Waals surface area contributed by atoms with Crippen LogP contribution in [0.4, 0.5) is 0 Å². The quantitative estimate of drug-likeness (QED) is 0.124. The first-order chi connectivity index (χ1) is 24.4. The summed E-state index contributed by atoms with van der Waals surface area (Å²) < 4.78 is 0. The second kappa shape index (κ2) is 13.2. The molecule has 0 saturated carbocycles. The Labute approximate surface area is 310 Å². The number of benzene rings is 6. The van der Waals surface area contributed by atoms with Crippen molar-refractivity contribution in [3.63, 3.8) is 0 Å². The Morgan fingerprint density at radius 1 is 0.308 bits per heavy atom. The van der Waals surface area contributed by atoms with Gasteiger partial charge in [-0.15, -0.1) is 0 Å². The molecule has 0 amide bonds. The molecule has 0 heterocycles. The molecule has 0 aliphatic rings. The van der Waals surface area contributed by atoms with Crippen molar-refractivity contribution in [1.29, 1.82) is 0 Å². The van der Waals surface area contributed by atoms with E-state index in [1.165, 1.54) is 0 Å². The molecule has 0 fully saturated rings. The molecular formula is C48H53O3P. The van der Waals surface area contributed by atoms with E-state index in [9.17, 15) is 14.7 Å². The predicted molar refractivity (Wildman–Crippen MR) is 220 cm³/mol. The van der Waals surface area contributed by atoms with E-state index in [1.54, 1.807) is 12.1 Å². The molecule has 6 aromatic carbocycles. The Morgan fingerprint density at radius 2 is 0.558 bits per heavy atom. The van der Waals surface area contributed by atoms with Crippen LogP contribution >= 0.6 is 7.28 Å². The summed E-state index contributed by atoms with van der Waals surface area (Å²) in [5.41, 5.74) is 5.44. The van der Waals surface area contributed by atoms with E-state index in [-0.39, 0.29) is 10.6 Å². The third-order valence-electron chi connectivity index (χ3n) is 11.7. The molecule has 0 unspecified atom stereocenters. The molecule has 6 rings (SSSR count). The van der Waals surface area contributed by atoms with Crippen LogP contribution in [0.15, 0.2) is 158 Å². The van der Waals surface area contributed by atoms with E-state index in [0.29, 0.717) is 11.1 Å². The van der Waals surface area contributed by atoms with E-state index in [2.05, 4.69) is 116 Å². The zero-order valence-electron chi connectivity index (χ0n) is 31.8. The minimum atomic E-state index is -5.88. The molecule has 0 aromatic heterocycles. The van der Waals surface area contributed by atoms with Gasteiger partial charge in [0.1, 0.15) is 0 Å². The van der Waals surface area contributed by atoms with Crippen LogP contribution in [0.25, 0.3) is 0 Å². The fourth-order valence-electron chi connectivity index (χ4n) is 7.76. The summed E-state index contributed by atoms with van der Waals surface area (Å²) in [5, 5.41) is 0.292. The monoisotopic (exact) mass is 708 g/mol. The second-order valence-corrected chi connectivity index (χ2v) is 19.3. The molecule has 0 saturated heterocycles. The third-order valence-corrected chi connectivity index (χ3v) is 14.2. The molecule has 0 aliphatic heterocycles. The summed E-state index contributed by atoms with van der Waals surface area (Å²) in [6.07, 6.45) is 0. The van der Waals surface area contributed by atoms with Crippen molar-refractivity contribution in [2.45, 2.75) is 77.0 Å². The summed E-state index contributed by atoms with van der Waals surface area (Å²) in [5.74, 6) is 0. The van der Waals surface area contributed by atoms with Crippen LogP contribution in [0.1, 0.15) is 99.9 Å². The van der Waals surface area contributed by atoms with Gasteiger partial charge >= 0.3 is 312 Å². The van der Waals surface area contributed by atoms with E-state index < -0.39 is 28.9 Å². The zero-order valence-corrected chi connectivity index (χ0v) is 32.7. The van der Waals surface area contributed by atoms with E-state index in [1.807, 2.05) is 84.9 Å². The van der Waals surface area contributed by atoms with Crippen LogP contribution < -0.4 is 10.6 Å². The average Bonchev–Trinajstić information content (AvgIpc) is 3.15. The molecule has 6 aromatic rings. The molecule has 0 atom stereocenters. The maximum atomic E-state index is 13.0. The molecule has 268 valence electrons. The van der Waals surface area contributed by atoms with Gasteiger partial charge in [0.25, 0.3) is 0 Å². The molecule has 3 N–H and O–H groups in total. The zero-order chi connectivity index (χ0) is 37.6. The SMILES string of the molecule is CC(C)(c1ccccc1)c1ccc(P(O)(O)(O)c2ccc(C(C)(C)c3ccccc3)cc2C(C)(C)c2ccccc2)c(C(C)(C)c2ccccc2)c1. The molecule has 0 radical (unpaired) electrons. The van der Waals surface area contributed by atoms with Crippen LogP contribution in [0.5, 0.6) is 0 Å². The van der Waals surface area contributed by atoms with Crippen molar-refractivity contribution in [3.05, 3.63) is 202 Å². The van der Waals surface area contributed by atoms with Gasteiger partial charge in [-0.1, -0.05) is 0 Å². The van der Waals surface area contributed by atoms with Crippen LogP contribution in [0.2, 0.25) is 0 Å². The Bertz CT molecular complexity index is 2010. The third kappa shape index (κ3) is 6.57. The summed E-state index contributed by atoms with van der Waals surface area (Å²) in [4.78, 5) is 38.9. The number of rotatable bonds is 10. The Kier molecular flexibility index (Phi) is 9.52. The van der Waals surface area contributed by atoms with Crippen molar-refractivity contribution in [3.8, 4) is 0 Å². The standard InChI is InChI=1S/C48H53O3P/c1-45(2,35-21-13-9-14-22-35)39-29-31-43(41(33-39)47(5,6)37-25-17-11-18-26-37)52(49,50,51)44-32-30-40(46(3,4)36-23-15-10-16-24-36)34-42(44)48(7,8)38-27-19-12-20-28-38/h9-34,49-51H,1-8H3. The van der Waals surface area contributed by atoms with Crippen LogP contribution in [-0.2, 0) is 21.7 Å². The topological polar surface area (TPSA) is 60.7 Å². The summed E-state index contributed by atoms with van der Waals surface area (Å²) in [7, 11) is -5.88. The van der Waals surface area contributed by atoms with Gasteiger partial charge in [-0.25, -0.2) is 0 Å². The molecule has 4 heteroatoms. The van der Waals surface area contributed by atoms with Crippen molar-refractivity contribution in [1.82, 2.24) is 0 Å². The number of hydrogen-bond acceptors (Lipinski definition) is 3. The van der Waals surface area contributed by atoms with Crippen molar-refractivity contribution in [2.24, 2.45) is 0 Å². The van der Waals surface area contributed by atoms with Gasteiger partial charge in [0, 0.05) is 0 Å². The Balaban J connectivity index is 1.65. The molecule has 0 bridgehead atoms. The summed E-state index contributed by atoms with van der Waals surface area (Å²) in [6, 6.07) is 52.5. The fourth-order valence-corrected chi connectivity index (χ4v) is 10.3. The molecule has 52 heavy (non-hydrogen) atoms. The Morgan fingerprint density at radius 3 is 0.827 bits per heavy atom. The van der Waals surface area contributed by atoms with Crippen LogP contribution in [0.3, 0.4) is 0 Å². The van der Waals surface area contributed by atoms with Gasteiger partial charge in [-0.05, 0) is 0 Å².